The Bertz CT molecular complexity index is 794. The predicted molar refractivity (Wildman–Crippen MR) is 126 cm³/mol. The van der Waals surface area contributed by atoms with E-state index in [1.807, 2.05) is 37.3 Å². The number of amides is 2. The molecule has 5 N–H and O–H groups in total. The fraction of sp³-hybridized carbons (Fsp3) is 0.286. The highest BCUT2D eigenvalue weighted by Crippen LogP contribution is 2.06. The smallest absolute Gasteiger partial charge is 0.251 e. The van der Waals surface area contributed by atoms with Crippen molar-refractivity contribution in [3.63, 3.8) is 0 Å². The number of nitrogens with zero attached hydrogens (tertiary/aromatic N) is 1. The molecule has 7 nitrogen and oxygen atoms in total. The van der Waals surface area contributed by atoms with Crippen LogP contribution >= 0.6 is 24.0 Å². The number of carbonyl (C=O) groups is 2. The largest absolute Gasteiger partial charge is 0.368 e. The number of nitrogens with two attached hydrogens (primary N) is 1. The van der Waals surface area contributed by atoms with Gasteiger partial charge in [-0.3, -0.25) is 9.59 Å². The summed E-state index contributed by atoms with van der Waals surface area (Å²) < 4.78 is 0. The monoisotopic (exact) mass is 509 g/mol. The van der Waals surface area contributed by atoms with E-state index in [2.05, 4.69) is 33.1 Å². The molecule has 0 aliphatic heterocycles. The standard InChI is InChI=1S/C21H27N5O2.HI/c1-2-23-21(24-13-12-16-6-4-3-5-7-16)26-14-17-8-10-18(11-9-17)20(28)25-15-19(22)27;/h3-11H,2,12-15H2,1H3,(H2,22,27)(H,25,28)(H2,23,24,26);1H. The summed E-state index contributed by atoms with van der Waals surface area (Å²) in [5, 5.41) is 9.01. The molecular formula is C21H28IN5O2. The average Bonchev–Trinajstić information content (AvgIpc) is 2.71. The third-order valence-corrected chi connectivity index (χ3v) is 3.95. The molecule has 0 bridgehead atoms. The van der Waals surface area contributed by atoms with Crippen molar-refractivity contribution in [1.82, 2.24) is 16.0 Å². The van der Waals surface area contributed by atoms with Crippen LogP contribution < -0.4 is 21.7 Å². The van der Waals surface area contributed by atoms with Crippen molar-refractivity contribution in [1.29, 1.82) is 0 Å². The van der Waals surface area contributed by atoms with Crippen molar-refractivity contribution in [3.05, 3.63) is 71.3 Å². The Morgan fingerprint density at radius 2 is 1.62 bits per heavy atom. The fourth-order valence-electron chi connectivity index (χ4n) is 2.51. The van der Waals surface area contributed by atoms with Gasteiger partial charge >= 0.3 is 0 Å². The number of carbonyl (C=O) groups excluding carboxylic acids is 2. The highest BCUT2D eigenvalue weighted by molar-refractivity contribution is 14.0. The quantitative estimate of drug-likeness (QED) is 0.235. The number of benzene rings is 2. The van der Waals surface area contributed by atoms with Crippen LogP contribution in [0.5, 0.6) is 0 Å². The lowest BCUT2D eigenvalue weighted by Crippen LogP contribution is -2.38. The Morgan fingerprint density at radius 1 is 0.931 bits per heavy atom. The first kappa shape index (κ1) is 24.4. The Hall–Kier alpha value is -2.62. The summed E-state index contributed by atoms with van der Waals surface area (Å²) in [6.07, 6.45) is 0.917. The molecule has 0 radical (unpaired) electrons. The number of primary amides is 1. The maximum atomic E-state index is 11.9. The van der Waals surface area contributed by atoms with Crippen LogP contribution in [0.1, 0.15) is 28.4 Å². The van der Waals surface area contributed by atoms with Gasteiger partial charge in [0, 0.05) is 18.7 Å². The molecule has 0 spiro atoms. The number of nitrogens with one attached hydrogen (secondary N) is 3. The molecule has 0 saturated heterocycles. The van der Waals surface area contributed by atoms with E-state index in [1.165, 1.54) is 5.56 Å². The number of guanidine groups is 1. The number of aliphatic imine (C=N–C) groups is 1. The van der Waals surface area contributed by atoms with E-state index in [9.17, 15) is 9.59 Å². The summed E-state index contributed by atoms with van der Waals surface area (Å²) in [4.78, 5) is 27.2. The number of halogens is 1. The van der Waals surface area contributed by atoms with E-state index in [0.29, 0.717) is 12.1 Å². The maximum absolute atomic E-state index is 11.9. The summed E-state index contributed by atoms with van der Waals surface area (Å²) in [6.45, 7) is 3.90. The second kappa shape index (κ2) is 13.5. The lowest BCUT2D eigenvalue weighted by atomic mass is 10.1. The Morgan fingerprint density at radius 3 is 2.24 bits per heavy atom. The lowest BCUT2D eigenvalue weighted by molar-refractivity contribution is -0.117. The Kier molecular flexibility index (Phi) is 11.4. The minimum atomic E-state index is -0.574. The van der Waals surface area contributed by atoms with Gasteiger partial charge in [0.1, 0.15) is 0 Å². The van der Waals surface area contributed by atoms with Crippen molar-refractivity contribution >= 4 is 41.8 Å². The number of hydrogen-bond acceptors (Lipinski definition) is 3. The summed E-state index contributed by atoms with van der Waals surface area (Å²) in [5.74, 6) is -0.151. The molecule has 2 rings (SSSR count). The van der Waals surface area contributed by atoms with Gasteiger partial charge in [-0.1, -0.05) is 42.5 Å². The highest BCUT2D eigenvalue weighted by Gasteiger charge is 2.06. The van der Waals surface area contributed by atoms with Crippen LogP contribution in [0.3, 0.4) is 0 Å². The minimum Gasteiger partial charge on any atom is -0.368 e. The third kappa shape index (κ3) is 9.42. The molecule has 2 amide bonds. The van der Waals surface area contributed by atoms with Gasteiger partial charge in [0.15, 0.2) is 5.96 Å². The van der Waals surface area contributed by atoms with Crippen molar-refractivity contribution in [2.24, 2.45) is 10.7 Å². The zero-order valence-corrected chi connectivity index (χ0v) is 18.8. The van der Waals surface area contributed by atoms with Gasteiger partial charge in [0.05, 0.1) is 13.1 Å². The molecule has 0 aliphatic carbocycles. The molecule has 2 aromatic carbocycles. The molecule has 156 valence electrons. The summed E-state index contributed by atoms with van der Waals surface area (Å²) in [6, 6.07) is 17.4. The molecule has 0 atom stereocenters. The Labute approximate surface area is 188 Å². The van der Waals surface area contributed by atoms with E-state index >= 15 is 0 Å². The van der Waals surface area contributed by atoms with Gasteiger partial charge in [-0.05, 0) is 36.6 Å². The highest BCUT2D eigenvalue weighted by atomic mass is 127. The second-order valence-corrected chi connectivity index (χ2v) is 6.20. The van der Waals surface area contributed by atoms with Gasteiger partial charge < -0.3 is 21.7 Å². The average molecular weight is 509 g/mol. The van der Waals surface area contributed by atoms with Crippen LogP contribution in [0.25, 0.3) is 0 Å². The van der Waals surface area contributed by atoms with Crippen LogP contribution in [0.4, 0.5) is 0 Å². The van der Waals surface area contributed by atoms with Gasteiger partial charge in [-0.25, -0.2) is 4.99 Å². The number of hydrogen-bond donors (Lipinski definition) is 4. The van der Waals surface area contributed by atoms with E-state index in [1.54, 1.807) is 12.1 Å². The van der Waals surface area contributed by atoms with Crippen molar-refractivity contribution in [2.75, 3.05) is 19.6 Å². The molecule has 0 heterocycles. The first-order valence-corrected chi connectivity index (χ1v) is 9.30. The summed E-state index contributed by atoms with van der Waals surface area (Å²) >= 11 is 0. The zero-order valence-electron chi connectivity index (χ0n) is 16.5. The van der Waals surface area contributed by atoms with E-state index < -0.39 is 5.91 Å². The van der Waals surface area contributed by atoms with Crippen LogP contribution in [0.15, 0.2) is 59.6 Å². The normalized spacial score (nSPS) is 10.6. The minimum absolute atomic E-state index is 0. The van der Waals surface area contributed by atoms with Crippen LogP contribution in [-0.4, -0.2) is 37.4 Å². The van der Waals surface area contributed by atoms with Crippen molar-refractivity contribution in [2.45, 2.75) is 19.9 Å². The second-order valence-electron chi connectivity index (χ2n) is 6.20. The van der Waals surface area contributed by atoms with Crippen molar-refractivity contribution in [3.8, 4) is 0 Å². The Balaban J connectivity index is 0.00000420. The van der Waals surface area contributed by atoms with Gasteiger partial charge in [-0.2, -0.15) is 0 Å². The molecule has 0 aromatic heterocycles. The fourth-order valence-corrected chi connectivity index (χ4v) is 2.51. The topological polar surface area (TPSA) is 109 Å². The predicted octanol–water partition coefficient (Wildman–Crippen LogP) is 1.82. The molecular weight excluding hydrogens is 481 g/mol. The molecule has 8 heteroatoms. The van der Waals surface area contributed by atoms with Crippen molar-refractivity contribution < 1.29 is 9.59 Å². The molecule has 0 fully saturated rings. The molecule has 29 heavy (non-hydrogen) atoms. The van der Waals surface area contributed by atoms with E-state index in [0.717, 1.165) is 31.0 Å². The van der Waals surface area contributed by atoms with Crippen LogP contribution in [0, 0.1) is 0 Å². The molecule has 0 unspecified atom stereocenters. The summed E-state index contributed by atoms with van der Waals surface area (Å²) in [5.41, 5.74) is 7.75. The summed E-state index contributed by atoms with van der Waals surface area (Å²) in [7, 11) is 0. The van der Waals surface area contributed by atoms with Gasteiger partial charge in [0.25, 0.3) is 5.91 Å². The van der Waals surface area contributed by atoms with Crippen LogP contribution in [0.2, 0.25) is 0 Å². The first-order chi connectivity index (χ1) is 13.6. The zero-order chi connectivity index (χ0) is 20.2. The molecule has 0 saturated carbocycles. The molecule has 2 aromatic rings. The third-order valence-electron chi connectivity index (χ3n) is 3.95. The lowest BCUT2D eigenvalue weighted by Gasteiger charge is -2.11. The van der Waals surface area contributed by atoms with Crippen LogP contribution in [-0.2, 0) is 17.8 Å². The maximum Gasteiger partial charge on any atom is 0.251 e. The van der Waals surface area contributed by atoms with E-state index in [-0.39, 0.29) is 36.4 Å². The first-order valence-electron chi connectivity index (χ1n) is 9.30. The van der Waals surface area contributed by atoms with Gasteiger partial charge in [-0.15, -0.1) is 24.0 Å². The number of rotatable bonds is 9. The SMILES string of the molecule is CCNC(=NCc1ccc(C(=O)NCC(N)=O)cc1)NCCc1ccccc1.I. The van der Waals surface area contributed by atoms with E-state index in [4.69, 9.17) is 5.73 Å². The van der Waals surface area contributed by atoms with Gasteiger partial charge in [0.2, 0.25) is 5.91 Å². The molecule has 0 aliphatic rings.